The second-order valence-electron chi connectivity index (χ2n) is 6.15. The van der Waals surface area contributed by atoms with Crippen LogP contribution in [0.15, 0.2) is 55.1 Å². The molecule has 0 unspecified atom stereocenters. The standard InChI is InChI=1S/C20H19N5O2S/c1-3-27-15-7-4-8-16-17(15)23-20(28-16)25(13-14-6-5-9-21-12-14)19(26)18-22-10-11-24(18)2/h4-12H,3,13H2,1-2H3. The van der Waals surface area contributed by atoms with Gasteiger partial charge in [0.05, 0.1) is 17.9 Å². The third-order valence-corrected chi connectivity index (χ3v) is 5.27. The lowest BCUT2D eigenvalue weighted by atomic mass is 10.2. The van der Waals surface area contributed by atoms with Gasteiger partial charge in [-0.3, -0.25) is 14.7 Å². The number of aromatic nitrogens is 4. The molecule has 0 aliphatic rings. The number of imidazole rings is 1. The van der Waals surface area contributed by atoms with E-state index in [-0.39, 0.29) is 5.91 Å². The van der Waals surface area contributed by atoms with Gasteiger partial charge in [-0.05, 0) is 30.7 Å². The van der Waals surface area contributed by atoms with Crippen LogP contribution < -0.4 is 9.64 Å². The molecule has 0 spiro atoms. The monoisotopic (exact) mass is 393 g/mol. The van der Waals surface area contributed by atoms with Gasteiger partial charge >= 0.3 is 0 Å². The minimum absolute atomic E-state index is 0.214. The van der Waals surface area contributed by atoms with Crippen LogP contribution in [0.25, 0.3) is 10.2 Å². The van der Waals surface area contributed by atoms with E-state index >= 15 is 0 Å². The molecule has 1 aromatic carbocycles. The van der Waals surface area contributed by atoms with Crippen molar-refractivity contribution < 1.29 is 9.53 Å². The third-order valence-electron chi connectivity index (χ3n) is 4.22. The molecule has 0 saturated carbocycles. The first-order valence-electron chi connectivity index (χ1n) is 8.88. The zero-order chi connectivity index (χ0) is 19.5. The smallest absolute Gasteiger partial charge is 0.296 e. The first-order chi connectivity index (χ1) is 13.7. The zero-order valence-electron chi connectivity index (χ0n) is 15.6. The van der Waals surface area contributed by atoms with Crippen molar-refractivity contribution in [2.24, 2.45) is 7.05 Å². The number of hydrogen-bond donors (Lipinski definition) is 0. The Morgan fingerprint density at radius 3 is 2.86 bits per heavy atom. The third kappa shape index (κ3) is 3.46. The van der Waals surface area contributed by atoms with Crippen LogP contribution in [0.4, 0.5) is 5.13 Å². The van der Waals surface area contributed by atoms with Gasteiger partial charge in [0.25, 0.3) is 5.91 Å². The van der Waals surface area contributed by atoms with Crippen LogP contribution >= 0.6 is 11.3 Å². The van der Waals surface area contributed by atoms with Crippen LogP contribution in [0.5, 0.6) is 5.75 Å². The number of aryl methyl sites for hydroxylation is 1. The molecule has 28 heavy (non-hydrogen) atoms. The highest BCUT2D eigenvalue weighted by Gasteiger charge is 2.25. The van der Waals surface area contributed by atoms with Gasteiger partial charge in [0, 0.05) is 31.8 Å². The van der Waals surface area contributed by atoms with Crippen molar-refractivity contribution in [3.63, 3.8) is 0 Å². The van der Waals surface area contributed by atoms with E-state index in [0.717, 1.165) is 15.8 Å². The van der Waals surface area contributed by atoms with Crippen molar-refractivity contribution in [3.8, 4) is 5.75 Å². The van der Waals surface area contributed by atoms with E-state index in [1.165, 1.54) is 11.3 Å². The van der Waals surface area contributed by atoms with Crippen LogP contribution in [0, 0.1) is 0 Å². The molecule has 0 bridgehead atoms. The number of nitrogens with zero attached hydrogens (tertiary/aromatic N) is 5. The number of amides is 1. The minimum atomic E-state index is -0.214. The predicted molar refractivity (Wildman–Crippen MR) is 109 cm³/mol. The largest absolute Gasteiger partial charge is 0.492 e. The lowest BCUT2D eigenvalue weighted by Crippen LogP contribution is -2.32. The number of pyridine rings is 1. The first kappa shape index (κ1) is 18.1. The number of anilines is 1. The molecule has 1 amide bonds. The van der Waals surface area contributed by atoms with Gasteiger partial charge in [0.2, 0.25) is 0 Å². The molecular formula is C20H19N5O2S. The lowest BCUT2D eigenvalue weighted by molar-refractivity contribution is 0.0972. The Morgan fingerprint density at radius 2 is 2.14 bits per heavy atom. The fourth-order valence-electron chi connectivity index (χ4n) is 2.89. The van der Waals surface area contributed by atoms with Crippen molar-refractivity contribution in [3.05, 3.63) is 66.5 Å². The summed E-state index contributed by atoms with van der Waals surface area (Å²) in [6, 6.07) is 9.59. The van der Waals surface area contributed by atoms with Gasteiger partial charge in [-0.1, -0.05) is 23.5 Å². The highest BCUT2D eigenvalue weighted by Crippen LogP contribution is 2.35. The Labute approximate surface area is 166 Å². The lowest BCUT2D eigenvalue weighted by Gasteiger charge is -2.19. The van der Waals surface area contributed by atoms with Crippen LogP contribution in [-0.2, 0) is 13.6 Å². The fraction of sp³-hybridized carbons (Fsp3) is 0.200. The topological polar surface area (TPSA) is 73.1 Å². The molecule has 0 aliphatic carbocycles. The maximum absolute atomic E-state index is 13.3. The summed E-state index contributed by atoms with van der Waals surface area (Å²) in [5, 5.41) is 0.596. The first-order valence-corrected chi connectivity index (χ1v) is 9.69. The van der Waals surface area contributed by atoms with Crippen LogP contribution in [0.3, 0.4) is 0 Å². The second-order valence-corrected chi connectivity index (χ2v) is 7.16. The molecule has 142 valence electrons. The van der Waals surface area contributed by atoms with E-state index < -0.39 is 0 Å². The van der Waals surface area contributed by atoms with E-state index in [1.54, 1.807) is 41.3 Å². The number of benzene rings is 1. The van der Waals surface area contributed by atoms with E-state index in [2.05, 4.69) is 9.97 Å². The van der Waals surface area contributed by atoms with E-state index in [1.807, 2.05) is 37.3 Å². The number of thiazole rings is 1. The molecule has 0 aliphatic heterocycles. The summed E-state index contributed by atoms with van der Waals surface area (Å²) < 4.78 is 8.37. The molecule has 0 radical (unpaired) electrons. The fourth-order valence-corrected chi connectivity index (χ4v) is 3.87. The zero-order valence-corrected chi connectivity index (χ0v) is 16.4. The van der Waals surface area contributed by atoms with E-state index in [9.17, 15) is 4.79 Å². The van der Waals surface area contributed by atoms with Gasteiger partial charge in [-0.15, -0.1) is 0 Å². The number of hydrogen-bond acceptors (Lipinski definition) is 6. The van der Waals surface area contributed by atoms with Crippen molar-refractivity contribution >= 4 is 32.6 Å². The van der Waals surface area contributed by atoms with Crippen LogP contribution in [0.1, 0.15) is 23.1 Å². The summed E-state index contributed by atoms with van der Waals surface area (Å²) in [6.45, 7) is 2.84. The molecule has 4 aromatic rings. The second kappa shape index (κ2) is 7.77. The van der Waals surface area contributed by atoms with Crippen molar-refractivity contribution in [1.82, 2.24) is 19.5 Å². The van der Waals surface area contributed by atoms with E-state index in [4.69, 9.17) is 9.72 Å². The van der Waals surface area contributed by atoms with Crippen LogP contribution in [0.2, 0.25) is 0 Å². The Balaban J connectivity index is 1.78. The SMILES string of the molecule is CCOc1cccc2sc(N(Cc3cccnc3)C(=O)c3nccn3C)nc12. The molecule has 8 heteroatoms. The molecule has 3 aromatic heterocycles. The number of rotatable bonds is 6. The average molecular weight is 393 g/mol. The highest BCUT2D eigenvalue weighted by atomic mass is 32.1. The summed E-state index contributed by atoms with van der Waals surface area (Å²) >= 11 is 1.45. The van der Waals surface area contributed by atoms with Gasteiger partial charge in [-0.2, -0.15) is 0 Å². The molecule has 0 saturated heterocycles. The maximum Gasteiger partial charge on any atom is 0.296 e. The van der Waals surface area contributed by atoms with Crippen molar-refractivity contribution in [1.29, 1.82) is 0 Å². The van der Waals surface area contributed by atoms with Gasteiger partial charge in [-0.25, -0.2) is 9.97 Å². The van der Waals surface area contributed by atoms with Crippen LogP contribution in [-0.4, -0.2) is 32.0 Å². The summed E-state index contributed by atoms with van der Waals surface area (Å²) in [4.78, 5) is 28.0. The number of carbonyl (C=O) groups is 1. The molecule has 0 atom stereocenters. The summed E-state index contributed by atoms with van der Waals surface area (Å²) in [6.07, 6.45) is 6.82. The van der Waals surface area contributed by atoms with Gasteiger partial charge < -0.3 is 9.30 Å². The number of para-hydroxylation sites is 1. The molecule has 0 fully saturated rings. The molecule has 3 heterocycles. The van der Waals surface area contributed by atoms with Gasteiger partial charge in [0.15, 0.2) is 11.0 Å². The number of ether oxygens (including phenoxy) is 1. The number of fused-ring (bicyclic) bond motifs is 1. The van der Waals surface area contributed by atoms with Crippen molar-refractivity contribution in [2.45, 2.75) is 13.5 Å². The predicted octanol–water partition coefficient (Wildman–Crippen LogP) is 3.67. The molecule has 0 N–H and O–H groups in total. The number of carbonyl (C=O) groups excluding carboxylic acids is 1. The Morgan fingerprint density at radius 1 is 1.25 bits per heavy atom. The summed E-state index contributed by atoms with van der Waals surface area (Å²) in [5.74, 6) is 0.856. The Kier molecular flexibility index (Phi) is 5.03. The highest BCUT2D eigenvalue weighted by molar-refractivity contribution is 7.22. The Bertz CT molecular complexity index is 1110. The summed E-state index contributed by atoms with van der Waals surface area (Å²) in [5.41, 5.74) is 1.67. The molecule has 4 rings (SSSR count). The Hall–Kier alpha value is -3.26. The minimum Gasteiger partial charge on any atom is -0.492 e. The van der Waals surface area contributed by atoms with Gasteiger partial charge in [0.1, 0.15) is 11.3 Å². The maximum atomic E-state index is 13.3. The van der Waals surface area contributed by atoms with Crippen molar-refractivity contribution in [2.75, 3.05) is 11.5 Å². The molecule has 7 nitrogen and oxygen atoms in total. The van der Waals surface area contributed by atoms with E-state index in [0.29, 0.717) is 29.9 Å². The summed E-state index contributed by atoms with van der Waals surface area (Å²) in [7, 11) is 1.80. The quantitative estimate of drug-likeness (QED) is 0.500. The molecular weight excluding hydrogens is 374 g/mol. The normalized spacial score (nSPS) is 10.9. The average Bonchev–Trinajstić information content (AvgIpc) is 3.33.